The molecular formula is C26H23N3O3S. The maximum absolute atomic E-state index is 13.1. The third-order valence-corrected chi connectivity index (χ3v) is 5.88. The summed E-state index contributed by atoms with van der Waals surface area (Å²) < 4.78 is 5.63. The summed E-state index contributed by atoms with van der Waals surface area (Å²) >= 11 is 1.22. The molecule has 4 aromatic rings. The quantitative estimate of drug-likeness (QED) is 0.301. The number of hydrogen-bond acceptors (Lipinski definition) is 6. The number of fused-ring (bicyclic) bond motifs is 1. The number of carbonyl (C=O) groups excluding carboxylic acids is 2. The Hall–Kier alpha value is -3.71. The molecule has 166 valence electrons. The van der Waals surface area contributed by atoms with Crippen LogP contribution in [0.5, 0.6) is 0 Å². The van der Waals surface area contributed by atoms with Crippen LogP contribution in [0.4, 0.5) is 5.69 Å². The Morgan fingerprint density at radius 2 is 1.70 bits per heavy atom. The summed E-state index contributed by atoms with van der Waals surface area (Å²) in [6, 6.07) is 22.3. The fraction of sp³-hybridized carbons (Fsp3) is 0.154. The molecule has 7 heteroatoms. The van der Waals surface area contributed by atoms with Crippen molar-refractivity contribution in [1.82, 2.24) is 9.97 Å². The fourth-order valence-electron chi connectivity index (χ4n) is 3.28. The third-order valence-electron chi connectivity index (χ3n) is 5.01. The smallest absolute Gasteiger partial charge is 0.317 e. The highest BCUT2D eigenvalue weighted by Crippen LogP contribution is 2.24. The first-order valence-corrected chi connectivity index (χ1v) is 11.5. The molecule has 0 fully saturated rings. The molecule has 4 rings (SSSR count). The van der Waals surface area contributed by atoms with Crippen molar-refractivity contribution < 1.29 is 14.3 Å². The van der Waals surface area contributed by atoms with Crippen LogP contribution < -0.4 is 5.32 Å². The van der Waals surface area contributed by atoms with Crippen LogP contribution in [0, 0.1) is 13.8 Å². The molecule has 33 heavy (non-hydrogen) atoms. The van der Waals surface area contributed by atoms with E-state index in [-0.39, 0.29) is 5.75 Å². The van der Waals surface area contributed by atoms with Gasteiger partial charge in [-0.05, 0) is 43.2 Å². The Labute approximate surface area is 196 Å². The highest BCUT2D eigenvalue weighted by Gasteiger charge is 2.25. The molecule has 6 nitrogen and oxygen atoms in total. The maximum Gasteiger partial charge on any atom is 0.317 e. The lowest BCUT2D eigenvalue weighted by molar-refractivity contribution is -0.152. The Morgan fingerprint density at radius 1 is 0.970 bits per heavy atom. The van der Waals surface area contributed by atoms with Gasteiger partial charge in [0.15, 0.2) is 0 Å². The normalized spacial score (nSPS) is 11.7. The predicted molar refractivity (Wildman–Crippen MR) is 130 cm³/mol. The number of ether oxygens (including phenoxy) is 1. The molecule has 1 amide bonds. The number of nitrogens with one attached hydrogen (secondary N) is 1. The molecule has 0 saturated heterocycles. The first-order chi connectivity index (χ1) is 16.0. The van der Waals surface area contributed by atoms with Gasteiger partial charge in [0.2, 0.25) is 6.10 Å². The van der Waals surface area contributed by atoms with E-state index in [2.05, 4.69) is 15.3 Å². The van der Waals surface area contributed by atoms with E-state index in [9.17, 15) is 9.59 Å². The number of carbonyl (C=O) groups is 2. The van der Waals surface area contributed by atoms with E-state index in [1.54, 1.807) is 30.5 Å². The Bertz CT molecular complexity index is 1290. The van der Waals surface area contributed by atoms with E-state index in [1.807, 2.05) is 62.4 Å². The number of anilines is 1. The minimum Gasteiger partial charge on any atom is -0.447 e. The van der Waals surface area contributed by atoms with E-state index in [1.165, 1.54) is 11.8 Å². The topological polar surface area (TPSA) is 81.2 Å². The van der Waals surface area contributed by atoms with Crippen LogP contribution in [0.3, 0.4) is 0 Å². The zero-order chi connectivity index (χ0) is 23.2. The molecule has 3 aromatic carbocycles. The number of para-hydroxylation sites is 2. The van der Waals surface area contributed by atoms with E-state index >= 15 is 0 Å². The highest BCUT2D eigenvalue weighted by molar-refractivity contribution is 7.99. The van der Waals surface area contributed by atoms with Crippen molar-refractivity contribution in [3.05, 3.63) is 95.7 Å². The summed E-state index contributed by atoms with van der Waals surface area (Å²) in [5.41, 5.74) is 4.79. The minimum absolute atomic E-state index is 0.00705. The summed E-state index contributed by atoms with van der Waals surface area (Å²) in [5.74, 6) is -0.911. The van der Waals surface area contributed by atoms with E-state index in [0.717, 1.165) is 22.2 Å². The molecule has 1 N–H and O–H groups in total. The van der Waals surface area contributed by atoms with Crippen molar-refractivity contribution in [2.75, 3.05) is 11.1 Å². The van der Waals surface area contributed by atoms with Crippen molar-refractivity contribution in [2.24, 2.45) is 0 Å². The molecule has 0 spiro atoms. The van der Waals surface area contributed by atoms with E-state index in [4.69, 9.17) is 4.74 Å². The van der Waals surface area contributed by atoms with Crippen LogP contribution in [0.2, 0.25) is 0 Å². The van der Waals surface area contributed by atoms with Gasteiger partial charge in [-0.25, -0.2) is 4.98 Å². The summed E-state index contributed by atoms with van der Waals surface area (Å²) in [5, 5.41) is 3.52. The Balaban J connectivity index is 1.47. The number of rotatable bonds is 7. The number of benzene rings is 3. The molecule has 0 saturated carbocycles. The van der Waals surface area contributed by atoms with Gasteiger partial charge in [0.05, 0.1) is 23.0 Å². The van der Waals surface area contributed by atoms with Crippen LogP contribution >= 0.6 is 11.8 Å². The van der Waals surface area contributed by atoms with E-state index < -0.39 is 18.0 Å². The average molecular weight is 458 g/mol. The summed E-state index contributed by atoms with van der Waals surface area (Å²) in [4.78, 5) is 34.7. The number of thioether (sulfide) groups is 1. The maximum atomic E-state index is 13.1. The van der Waals surface area contributed by atoms with Crippen molar-refractivity contribution in [3.63, 3.8) is 0 Å². The fourth-order valence-corrected chi connectivity index (χ4v) is 3.90. The van der Waals surface area contributed by atoms with Gasteiger partial charge in [-0.1, -0.05) is 66.4 Å². The van der Waals surface area contributed by atoms with Crippen LogP contribution in [-0.4, -0.2) is 27.6 Å². The minimum atomic E-state index is -1.07. The first-order valence-electron chi connectivity index (χ1n) is 10.5. The monoisotopic (exact) mass is 457 g/mol. The second kappa shape index (κ2) is 10.3. The molecular weight excluding hydrogens is 434 g/mol. The number of nitrogens with zero attached hydrogens (tertiary/aromatic N) is 2. The summed E-state index contributed by atoms with van der Waals surface area (Å²) in [6.07, 6.45) is 0.559. The molecule has 1 unspecified atom stereocenters. The molecule has 1 aromatic heterocycles. The first kappa shape index (κ1) is 22.5. The van der Waals surface area contributed by atoms with Gasteiger partial charge < -0.3 is 10.1 Å². The standard InChI is InChI=1S/C26H23N3O3S/c1-17-12-13-18(2)22(14-17)29-26(31)25(19-8-4-3-5-9-19)32-24(30)16-33-23-15-27-20-10-6-7-11-21(20)28-23/h3-15,25H,16H2,1-2H3,(H,29,31). The number of aryl methyl sites for hydroxylation is 2. The zero-order valence-corrected chi connectivity index (χ0v) is 19.1. The second-order valence-electron chi connectivity index (χ2n) is 7.57. The van der Waals surface area contributed by atoms with Crippen LogP contribution in [0.1, 0.15) is 22.8 Å². The zero-order valence-electron chi connectivity index (χ0n) is 18.3. The highest BCUT2D eigenvalue weighted by atomic mass is 32.2. The summed E-state index contributed by atoms with van der Waals surface area (Å²) in [7, 11) is 0. The molecule has 0 radical (unpaired) electrons. The summed E-state index contributed by atoms with van der Waals surface area (Å²) in [6.45, 7) is 3.87. The largest absolute Gasteiger partial charge is 0.447 e. The van der Waals surface area contributed by atoms with Crippen LogP contribution in [0.15, 0.2) is 84.0 Å². The van der Waals surface area contributed by atoms with Gasteiger partial charge >= 0.3 is 5.97 Å². The van der Waals surface area contributed by atoms with Crippen molar-refractivity contribution in [1.29, 1.82) is 0 Å². The number of aromatic nitrogens is 2. The molecule has 0 bridgehead atoms. The molecule has 0 aliphatic rings. The lowest BCUT2D eigenvalue weighted by Crippen LogP contribution is -2.26. The second-order valence-corrected chi connectivity index (χ2v) is 8.57. The molecule has 0 aliphatic heterocycles. The van der Waals surface area contributed by atoms with Gasteiger partial charge in [-0.15, -0.1) is 0 Å². The lowest BCUT2D eigenvalue weighted by atomic mass is 10.1. The van der Waals surface area contributed by atoms with Crippen LogP contribution in [-0.2, 0) is 14.3 Å². The van der Waals surface area contributed by atoms with Gasteiger partial charge in [-0.3, -0.25) is 14.6 Å². The number of amides is 1. The number of esters is 1. The number of hydrogen-bond donors (Lipinski definition) is 1. The van der Waals surface area contributed by atoms with Crippen molar-refractivity contribution in [2.45, 2.75) is 25.0 Å². The molecule has 1 atom stereocenters. The Kier molecular flexibility index (Phi) is 7.00. The van der Waals surface area contributed by atoms with Crippen molar-refractivity contribution >= 4 is 40.4 Å². The molecule has 1 heterocycles. The van der Waals surface area contributed by atoms with Gasteiger partial charge in [0, 0.05) is 11.3 Å². The van der Waals surface area contributed by atoms with E-state index in [0.29, 0.717) is 16.3 Å². The SMILES string of the molecule is Cc1ccc(C)c(NC(=O)C(OC(=O)CSc2cnc3ccccc3n2)c2ccccc2)c1. The molecule has 0 aliphatic carbocycles. The van der Waals surface area contributed by atoms with Gasteiger partial charge in [0.1, 0.15) is 5.03 Å². The van der Waals surface area contributed by atoms with Crippen molar-refractivity contribution in [3.8, 4) is 0 Å². The Morgan fingerprint density at radius 3 is 2.48 bits per heavy atom. The van der Waals surface area contributed by atoms with Crippen LogP contribution in [0.25, 0.3) is 11.0 Å². The average Bonchev–Trinajstić information content (AvgIpc) is 2.84. The van der Waals surface area contributed by atoms with Gasteiger partial charge in [0.25, 0.3) is 5.91 Å². The third kappa shape index (κ3) is 5.75. The predicted octanol–water partition coefficient (Wildman–Crippen LogP) is 5.26. The van der Waals surface area contributed by atoms with Gasteiger partial charge in [-0.2, -0.15) is 0 Å². The lowest BCUT2D eigenvalue weighted by Gasteiger charge is -2.19.